The Kier molecular flexibility index (Phi) is 5.49. The summed E-state index contributed by atoms with van der Waals surface area (Å²) in [5.74, 6) is 0.414. The Balaban J connectivity index is 1.94. The molecule has 0 unspecified atom stereocenters. The third-order valence-corrected chi connectivity index (χ3v) is 5.02. The first-order valence-electron chi connectivity index (χ1n) is 8.91. The van der Waals surface area contributed by atoms with Crippen LogP contribution in [0.4, 0.5) is 0 Å². The SMILES string of the molecule is Cc1cc2oc(=O)cc(CN[C@@H](C)c3cccc(Cl)c3)c2cc1C(C)C. The number of fused-ring (bicyclic) bond motifs is 1. The van der Waals surface area contributed by atoms with Gasteiger partial charge in [0.05, 0.1) is 0 Å². The van der Waals surface area contributed by atoms with E-state index in [0.717, 1.165) is 27.1 Å². The lowest BCUT2D eigenvalue weighted by Crippen LogP contribution is -2.19. The van der Waals surface area contributed by atoms with E-state index in [9.17, 15) is 4.79 Å². The number of nitrogens with one attached hydrogen (secondary N) is 1. The fourth-order valence-electron chi connectivity index (χ4n) is 3.32. The molecule has 0 saturated carbocycles. The minimum atomic E-state index is -0.318. The van der Waals surface area contributed by atoms with Crippen molar-refractivity contribution in [3.05, 3.63) is 80.2 Å². The molecule has 0 radical (unpaired) electrons. The third kappa shape index (κ3) is 4.00. The Labute approximate surface area is 159 Å². The number of halogens is 1. The van der Waals surface area contributed by atoms with Gasteiger partial charge in [0.2, 0.25) is 0 Å². The van der Waals surface area contributed by atoms with Crippen molar-refractivity contribution < 1.29 is 4.42 Å². The number of rotatable bonds is 5. The monoisotopic (exact) mass is 369 g/mol. The Morgan fingerprint density at radius 2 is 1.88 bits per heavy atom. The molecular formula is C22H24ClNO2. The van der Waals surface area contributed by atoms with Crippen molar-refractivity contribution in [3.63, 3.8) is 0 Å². The smallest absolute Gasteiger partial charge is 0.336 e. The summed E-state index contributed by atoms with van der Waals surface area (Å²) >= 11 is 6.09. The fraction of sp³-hybridized carbons (Fsp3) is 0.318. The molecule has 3 nitrogen and oxygen atoms in total. The molecule has 1 atom stereocenters. The van der Waals surface area contributed by atoms with Crippen LogP contribution >= 0.6 is 11.6 Å². The highest BCUT2D eigenvalue weighted by atomic mass is 35.5. The van der Waals surface area contributed by atoms with Crippen molar-refractivity contribution in [2.24, 2.45) is 0 Å². The predicted octanol–water partition coefficient (Wildman–Crippen LogP) is 5.73. The third-order valence-electron chi connectivity index (χ3n) is 4.79. The summed E-state index contributed by atoms with van der Waals surface area (Å²) in [6.45, 7) is 9.07. The van der Waals surface area contributed by atoms with Crippen molar-refractivity contribution >= 4 is 22.6 Å². The molecule has 0 aliphatic rings. The molecule has 0 aliphatic carbocycles. The second-order valence-electron chi connectivity index (χ2n) is 7.11. The Morgan fingerprint density at radius 1 is 1.12 bits per heavy atom. The minimum Gasteiger partial charge on any atom is -0.423 e. The standard InChI is InChI=1S/C22H24ClNO2/c1-13(2)19-11-20-17(10-22(25)26-21(20)8-14(19)3)12-24-15(4)16-6-5-7-18(23)9-16/h5-11,13,15,24H,12H2,1-4H3/t15-/m0/s1. The topological polar surface area (TPSA) is 42.2 Å². The van der Waals surface area contributed by atoms with Gasteiger partial charge in [-0.25, -0.2) is 4.79 Å². The van der Waals surface area contributed by atoms with E-state index in [2.05, 4.69) is 39.1 Å². The average molecular weight is 370 g/mol. The van der Waals surface area contributed by atoms with Crippen LogP contribution in [-0.4, -0.2) is 0 Å². The summed E-state index contributed by atoms with van der Waals surface area (Å²) in [5, 5.41) is 5.20. The van der Waals surface area contributed by atoms with Crippen molar-refractivity contribution in [1.82, 2.24) is 5.32 Å². The molecule has 1 heterocycles. The zero-order valence-electron chi connectivity index (χ0n) is 15.6. The van der Waals surface area contributed by atoms with E-state index in [1.807, 2.05) is 30.3 Å². The molecule has 4 heteroatoms. The average Bonchev–Trinajstić information content (AvgIpc) is 2.58. The van der Waals surface area contributed by atoms with Crippen LogP contribution in [-0.2, 0) is 6.54 Å². The molecule has 0 bridgehead atoms. The maximum Gasteiger partial charge on any atom is 0.336 e. The number of hydrogen-bond acceptors (Lipinski definition) is 3. The van der Waals surface area contributed by atoms with Crippen LogP contribution in [0.25, 0.3) is 11.0 Å². The molecule has 2 aromatic carbocycles. The van der Waals surface area contributed by atoms with Crippen molar-refractivity contribution in [2.45, 2.75) is 46.2 Å². The van der Waals surface area contributed by atoms with E-state index in [-0.39, 0.29) is 11.7 Å². The summed E-state index contributed by atoms with van der Waals surface area (Å²) in [4.78, 5) is 12.0. The zero-order valence-corrected chi connectivity index (χ0v) is 16.4. The minimum absolute atomic E-state index is 0.117. The Hall–Kier alpha value is -2.10. The molecule has 26 heavy (non-hydrogen) atoms. The van der Waals surface area contributed by atoms with Crippen molar-refractivity contribution in [1.29, 1.82) is 0 Å². The number of aryl methyl sites for hydroxylation is 1. The summed E-state index contributed by atoms with van der Waals surface area (Å²) < 4.78 is 5.42. The molecule has 0 amide bonds. The number of hydrogen-bond donors (Lipinski definition) is 1. The fourth-order valence-corrected chi connectivity index (χ4v) is 3.52. The van der Waals surface area contributed by atoms with Crippen LogP contribution in [0.3, 0.4) is 0 Å². The maximum absolute atomic E-state index is 12.0. The maximum atomic E-state index is 12.0. The first kappa shape index (κ1) is 18.7. The predicted molar refractivity (Wildman–Crippen MR) is 108 cm³/mol. The van der Waals surface area contributed by atoms with Gasteiger partial charge in [-0.1, -0.05) is 37.6 Å². The second kappa shape index (κ2) is 7.65. The van der Waals surface area contributed by atoms with Crippen LogP contribution in [0.1, 0.15) is 55.0 Å². The highest BCUT2D eigenvalue weighted by Gasteiger charge is 2.12. The van der Waals surface area contributed by atoms with Crippen molar-refractivity contribution in [2.75, 3.05) is 0 Å². The van der Waals surface area contributed by atoms with Crippen LogP contribution in [0.2, 0.25) is 5.02 Å². The first-order valence-corrected chi connectivity index (χ1v) is 9.29. The van der Waals surface area contributed by atoms with Gasteiger partial charge in [-0.15, -0.1) is 0 Å². The van der Waals surface area contributed by atoms with Gasteiger partial charge in [-0.05, 0) is 66.3 Å². The van der Waals surface area contributed by atoms with Gasteiger partial charge in [0, 0.05) is 29.1 Å². The van der Waals surface area contributed by atoms with Crippen LogP contribution < -0.4 is 10.9 Å². The van der Waals surface area contributed by atoms with Crippen LogP contribution in [0.5, 0.6) is 0 Å². The first-order chi connectivity index (χ1) is 12.3. The van der Waals surface area contributed by atoms with E-state index >= 15 is 0 Å². The van der Waals surface area contributed by atoms with Gasteiger partial charge in [-0.3, -0.25) is 0 Å². The van der Waals surface area contributed by atoms with Crippen molar-refractivity contribution in [3.8, 4) is 0 Å². The highest BCUT2D eigenvalue weighted by Crippen LogP contribution is 2.27. The van der Waals surface area contributed by atoms with E-state index in [4.69, 9.17) is 16.0 Å². The molecule has 1 N–H and O–H groups in total. The molecule has 3 aromatic rings. The summed E-state index contributed by atoms with van der Waals surface area (Å²) in [6, 6.07) is 13.6. The molecule has 3 rings (SSSR count). The molecule has 136 valence electrons. The lowest BCUT2D eigenvalue weighted by molar-refractivity contribution is 0.547. The van der Waals surface area contributed by atoms with Gasteiger partial charge in [0.1, 0.15) is 5.58 Å². The van der Waals surface area contributed by atoms with Gasteiger partial charge in [0.25, 0.3) is 0 Å². The van der Waals surface area contributed by atoms with Crippen LogP contribution in [0, 0.1) is 6.92 Å². The Morgan fingerprint density at radius 3 is 2.58 bits per heavy atom. The molecule has 0 aliphatic heterocycles. The summed E-state index contributed by atoms with van der Waals surface area (Å²) in [6.07, 6.45) is 0. The van der Waals surface area contributed by atoms with Gasteiger partial charge >= 0.3 is 5.63 Å². The molecule has 0 spiro atoms. The lowest BCUT2D eigenvalue weighted by Gasteiger charge is -2.16. The quantitative estimate of drug-likeness (QED) is 0.584. The van der Waals surface area contributed by atoms with Gasteiger partial charge in [0.15, 0.2) is 0 Å². The van der Waals surface area contributed by atoms with E-state index < -0.39 is 0 Å². The summed E-state index contributed by atoms with van der Waals surface area (Å²) in [7, 11) is 0. The van der Waals surface area contributed by atoms with Gasteiger partial charge in [-0.2, -0.15) is 0 Å². The lowest BCUT2D eigenvalue weighted by atomic mass is 9.95. The molecule has 0 saturated heterocycles. The number of benzene rings is 2. The van der Waals surface area contributed by atoms with Gasteiger partial charge < -0.3 is 9.73 Å². The Bertz CT molecular complexity index is 991. The van der Waals surface area contributed by atoms with E-state index in [1.54, 1.807) is 6.07 Å². The molecule has 0 fully saturated rings. The second-order valence-corrected chi connectivity index (χ2v) is 7.54. The van der Waals surface area contributed by atoms with E-state index in [0.29, 0.717) is 18.0 Å². The van der Waals surface area contributed by atoms with Crippen LogP contribution in [0.15, 0.2) is 51.7 Å². The van der Waals surface area contributed by atoms with E-state index in [1.165, 1.54) is 5.56 Å². The highest BCUT2D eigenvalue weighted by molar-refractivity contribution is 6.30. The largest absolute Gasteiger partial charge is 0.423 e. The molecular weight excluding hydrogens is 346 g/mol. The molecule has 1 aromatic heterocycles. The normalized spacial score (nSPS) is 12.7. The summed E-state index contributed by atoms with van der Waals surface area (Å²) in [5.41, 5.74) is 4.81. The zero-order chi connectivity index (χ0) is 18.8.